The Kier molecular flexibility index (Phi) is 6.26. The quantitative estimate of drug-likeness (QED) is 0.847. The predicted octanol–water partition coefficient (Wildman–Crippen LogP) is 1.34. The Hall–Kier alpha value is -2.93. The van der Waals surface area contributed by atoms with E-state index in [1.54, 1.807) is 24.2 Å². The number of carbonyl (C=O) groups excluding carboxylic acids is 2. The van der Waals surface area contributed by atoms with Crippen LogP contribution in [0.1, 0.15) is 22.8 Å². The van der Waals surface area contributed by atoms with Crippen LogP contribution in [0.5, 0.6) is 0 Å². The van der Waals surface area contributed by atoms with Crippen molar-refractivity contribution in [1.82, 2.24) is 14.4 Å². The highest BCUT2D eigenvalue weighted by molar-refractivity contribution is 5.94. The van der Waals surface area contributed by atoms with Gasteiger partial charge < -0.3 is 14.8 Å². The number of aryl methyl sites for hydroxylation is 2. The minimum absolute atomic E-state index is 0.0489. The molecule has 28 heavy (non-hydrogen) atoms. The molecule has 2 amide bonds. The fourth-order valence-corrected chi connectivity index (χ4v) is 3.32. The smallest absolute Gasteiger partial charge is 0.254 e. The summed E-state index contributed by atoms with van der Waals surface area (Å²) in [5, 5.41) is 2.98. The second-order valence-electron chi connectivity index (χ2n) is 6.99. The van der Waals surface area contributed by atoms with Crippen LogP contribution in [0.25, 0.3) is 0 Å². The number of hydrogen-bond donors (Lipinski definition) is 1. The van der Waals surface area contributed by atoms with E-state index in [1.165, 1.54) is 10.6 Å². The van der Waals surface area contributed by atoms with E-state index in [0.717, 1.165) is 17.7 Å². The van der Waals surface area contributed by atoms with Gasteiger partial charge in [0, 0.05) is 56.7 Å². The molecule has 2 heterocycles. The van der Waals surface area contributed by atoms with Crippen molar-refractivity contribution < 1.29 is 9.59 Å². The minimum atomic E-state index is -0.200. The van der Waals surface area contributed by atoms with Gasteiger partial charge in [0.15, 0.2) is 0 Å². The fourth-order valence-electron chi connectivity index (χ4n) is 3.32. The molecule has 7 nitrogen and oxygen atoms in total. The van der Waals surface area contributed by atoms with Gasteiger partial charge >= 0.3 is 0 Å². The van der Waals surface area contributed by atoms with Crippen molar-refractivity contribution in [3.63, 3.8) is 0 Å². The van der Waals surface area contributed by atoms with Crippen molar-refractivity contribution in [1.29, 1.82) is 0 Å². The molecule has 1 aromatic heterocycles. The molecule has 1 fully saturated rings. The van der Waals surface area contributed by atoms with E-state index in [1.807, 2.05) is 29.2 Å². The molecule has 1 N–H and O–H groups in total. The molecule has 0 atom stereocenters. The van der Waals surface area contributed by atoms with Gasteiger partial charge in [-0.25, -0.2) is 0 Å². The van der Waals surface area contributed by atoms with E-state index in [9.17, 15) is 14.4 Å². The van der Waals surface area contributed by atoms with Gasteiger partial charge in [0.2, 0.25) is 5.91 Å². The van der Waals surface area contributed by atoms with Crippen LogP contribution in [0, 0.1) is 0 Å². The number of hydrogen-bond acceptors (Lipinski definition) is 4. The van der Waals surface area contributed by atoms with Gasteiger partial charge in [-0.1, -0.05) is 25.1 Å². The molecule has 1 aliphatic heterocycles. The first-order valence-electron chi connectivity index (χ1n) is 9.54. The molecule has 1 aromatic carbocycles. The summed E-state index contributed by atoms with van der Waals surface area (Å²) < 4.78 is 1.43. The molecule has 0 spiro atoms. The summed E-state index contributed by atoms with van der Waals surface area (Å²) in [7, 11) is 1.65. The fraction of sp³-hybridized carbons (Fsp3) is 0.381. The Morgan fingerprint density at radius 1 is 1.07 bits per heavy atom. The van der Waals surface area contributed by atoms with Crippen LogP contribution in [-0.4, -0.2) is 58.9 Å². The molecular formula is C21H26N4O3. The number of amides is 2. The second kappa shape index (κ2) is 8.84. The average Bonchev–Trinajstić information content (AvgIpc) is 2.70. The molecule has 0 bridgehead atoms. The maximum atomic E-state index is 12.6. The topological polar surface area (TPSA) is 74.7 Å². The summed E-state index contributed by atoms with van der Waals surface area (Å²) in [4.78, 5) is 40.5. The third kappa shape index (κ3) is 4.67. The van der Waals surface area contributed by atoms with E-state index in [2.05, 4.69) is 12.2 Å². The Morgan fingerprint density at radius 3 is 2.46 bits per heavy atom. The third-order valence-electron chi connectivity index (χ3n) is 5.05. The molecule has 0 unspecified atom stereocenters. The van der Waals surface area contributed by atoms with Crippen molar-refractivity contribution in [2.75, 3.05) is 38.0 Å². The summed E-state index contributed by atoms with van der Waals surface area (Å²) >= 11 is 0. The van der Waals surface area contributed by atoms with Crippen LogP contribution in [0.3, 0.4) is 0 Å². The molecule has 2 aromatic rings. The lowest BCUT2D eigenvalue weighted by atomic mass is 10.1. The largest absolute Gasteiger partial charge is 0.336 e. The van der Waals surface area contributed by atoms with Gasteiger partial charge in [0.1, 0.15) is 0 Å². The van der Waals surface area contributed by atoms with E-state index in [0.29, 0.717) is 38.3 Å². The van der Waals surface area contributed by atoms with Gasteiger partial charge in [-0.3, -0.25) is 19.3 Å². The lowest BCUT2D eigenvalue weighted by Crippen LogP contribution is -2.50. The van der Waals surface area contributed by atoms with Crippen LogP contribution in [-0.2, 0) is 18.3 Å². The number of pyridine rings is 1. The molecule has 1 saturated heterocycles. The monoisotopic (exact) mass is 382 g/mol. The molecule has 0 radical (unpaired) electrons. The van der Waals surface area contributed by atoms with Gasteiger partial charge in [0.25, 0.3) is 11.5 Å². The van der Waals surface area contributed by atoms with Crippen molar-refractivity contribution in [2.45, 2.75) is 13.3 Å². The Bertz CT molecular complexity index is 914. The zero-order valence-corrected chi connectivity index (χ0v) is 16.4. The van der Waals surface area contributed by atoms with Gasteiger partial charge in [-0.15, -0.1) is 0 Å². The molecule has 1 aliphatic rings. The highest BCUT2D eigenvalue weighted by Gasteiger charge is 2.23. The van der Waals surface area contributed by atoms with E-state index >= 15 is 0 Å². The number of aromatic nitrogens is 1. The van der Waals surface area contributed by atoms with Crippen molar-refractivity contribution in [3.05, 3.63) is 64.1 Å². The lowest BCUT2D eigenvalue weighted by Gasteiger charge is -2.34. The van der Waals surface area contributed by atoms with E-state index in [4.69, 9.17) is 0 Å². The van der Waals surface area contributed by atoms with Crippen molar-refractivity contribution >= 4 is 17.5 Å². The molecule has 3 rings (SSSR count). The highest BCUT2D eigenvalue weighted by atomic mass is 16.2. The van der Waals surface area contributed by atoms with Crippen LogP contribution in [0.2, 0.25) is 0 Å². The zero-order chi connectivity index (χ0) is 20.1. The predicted molar refractivity (Wildman–Crippen MR) is 108 cm³/mol. The highest BCUT2D eigenvalue weighted by Crippen LogP contribution is 2.15. The number of nitrogens with one attached hydrogen (secondary N) is 1. The molecule has 148 valence electrons. The maximum absolute atomic E-state index is 12.6. The second-order valence-corrected chi connectivity index (χ2v) is 6.99. The number of anilines is 1. The van der Waals surface area contributed by atoms with Crippen LogP contribution < -0.4 is 10.9 Å². The van der Waals surface area contributed by atoms with E-state index < -0.39 is 0 Å². The first-order chi connectivity index (χ1) is 13.5. The third-order valence-corrected chi connectivity index (χ3v) is 5.05. The number of para-hydroxylation sites is 1. The first-order valence-corrected chi connectivity index (χ1v) is 9.54. The summed E-state index contributed by atoms with van der Waals surface area (Å²) in [6.45, 7) is 4.67. The molecular weight excluding hydrogens is 356 g/mol. The summed E-state index contributed by atoms with van der Waals surface area (Å²) in [6, 6.07) is 10.8. The standard InChI is InChI=1S/C21H26N4O3/c1-3-16-6-4-5-7-18(16)22-19(26)15-24-10-12-25(13-11-24)21(28)17-8-9-23(2)20(27)14-17/h4-9,14H,3,10-13,15H2,1-2H3,(H,22,26). The maximum Gasteiger partial charge on any atom is 0.254 e. The lowest BCUT2D eigenvalue weighted by molar-refractivity contribution is -0.117. The number of piperazine rings is 1. The van der Waals surface area contributed by atoms with Crippen molar-refractivity contribution in [2.24, 2.45) is 7.05 Å². The normalized spacial score (nSPS) is 14.7. The van der Waals surface area contributed by atoms with Crippen molar-refractivity contribution in [3.8, 4) is 0 Å². The van der Waals surface area contributed by atoms with Gasteiger partial charge in [-0.2, -0.15) is 0 Å². The first kappa shape index (κ1) is 19.8. The zero-order valence-electron chi connectivity index (χ0n) is 16.4. The van der Waals surface area contributed by atoms with Crippen LogP contribution >= 0.6 is 0 Å². The Labute approximate surface area is 164 Å². The Balaban J connectivity index is 1.52. The summed E-state index contributed by atoms with van der Waals surface area (Å²) in [6.07, 6.45) is 2.46. The molecule has 0 saturated carbocycles. The SMILES string of the molecule is CCc1ccccc1NC(=O)CN1CCN(C(=O)c2ccn(C)c(=O)c2)CC1. The molecule has 0 aliphatic carbocycles. The van der Waals surface area contributed by atoms with Crippen LogP contribution in [0.15, 0.2) is 47.4 Å². The van der Waals surface area contributed by atoms with Crippen LogP contribution in [0.4, 0.5) is 5.69 Å². The number of nitrogens with zero attached hydrogens (tertiary/aromatic N) is 3. The average molecular weight is 382 g/mol. The van der Waals surface area contributed by atoms with Gasteiger partial charge in [0.05, 0.1) is 6.54 Å². The molecule has 7 heteroatoms. The summed E-state index contributed by atoms with van der Waals surface area (Å²) in [5.74, 6) is -0.189. The minimum Gasteiger partial charge on any atom is -0.336 e. The summed E-state index contributed by atoms with van der Waals surface area (Å²) in [5.41, 5.74) is 2.17. The number of benzene rings is 1. The number of carbonyl (C=O) groups is 2. The van der Waals surface area contributed by atoms with E-state index in [-0.39, 0.29) is 17.4 Å². The number of rotatable bonds is 5. The van der Waals surface area contributed by atoms with Gasteiger partial charge in [-0.05, 0) is 24.1 Å². The Morgan fingerprint density at radius 2 is 1.79 bits per heavy atom.